The summed E-state index contributed by atoms with van der Waals surface area (Å²) in [6.07, 6.45) is 0. The molecular weight excluding hydrogens is 539 g/mol. The van der Waals surface area contributed by atoms with Gasteiger partial charge in [0.25, 0.3) is 5.91 Å². The van der Waals surface area contributed by atoms with Crippen LogP contribution in [0.1, 0.15) is 16.4 Å². The van der Waals surface area contributed by atoms with Crippen molar-refractivity contribution in [2.75, 3.05) is 17.2 Å². The predicted molar refractivity (Wildman–Crippen MR) is 163 cm³/mol. The molecule has 1 heterocycles. The molecule has 1 unspecified atom stereocenters. The highest BCUT2D eigenvalue weighted by Gasteiger charge is 2.23. The number of aromatic nitrogens is 1. The second kappa shape index (κ2) is 13.1. The zero-order valence-electron chi connectivity index (χ0n) is 21.7. The quantitative estimate of drug-likeness (QED) is 0.170. The van der Waals surface area contributed by atoms with Crippen molar-refractivity contribution in [2.45, 2.75) is 17.1 Å². The van der Waals surface area contributed by atoms with Gasteiger partial charge in [0.1, 0.15) is 11.0 Å². The van der Waals surface area contributed by atoms with Gasteiger partial charge in [-0.25, -0.2) is 4.98 Å². The normalized spacial score (nSPS) is 11.4. The standard InChI is InChI=1S/C32H27N3O3S2/c1-22-12-14-23(15-13-22)28-21-39-32(34-28)35-31(37)30(24-8-4-2-5-9-24)40-27-18-16-25(17-19-27)33-29(36)20-38-26-10-6-3-7-11-26/h2-19,21,30H,20H2,1H3,(H,33,36)(H,34,35,37). The zero-order valence-corrected chi connectivity index (χ0v) is 23.4. The molecule has 5 aromatic rings. The van der Waals surface area contributed by atoms with Gasteiger partial charge in [-0.2, -0.15) is 0 Å². The van der Waals surface area contributed by atoms with Crippen LogP contribution in [0.5, 0.6) is 5.75 Å². The fraction of sp³-hybridized carbons (Fsp3) is 0.0938. The number of hydrogen-bond donors (Lipinski definition) is 2. The van der Waals surface area contributed by atoms with E-state index in [1.807, 2.05) is 109 Å². The molecule has 1 aromatic heterocycles. The van der Waals surface area contributed by atoms with Crippen molar-refractivity contribution in [3.05, 3.63) is 126 Å². The average Bonchev–Trinajstić information content (AvgIpc) is 3.45. The third-order valence-corrected chi connectivity index (χ3v) is 7.95. The predicted octanol–water partition coefficient (Wildman–Crippen LogP) is 7.61. The van der Waals surface area contributed by atoms with Crippen molar-refractivity contribution in [1.82, 2.24) is 4.98 Å². The number of nitrogens with one attached hydrogen (secondary N) is 2. The van der Waals surface area contributed by atoms with Gasteiger partial charge in [-0.3, -0.25) is 9.59 Å². The lowest BCUT2D eigenvalue weighted by Crippen LogP contribution is -2.20. The van der Waals surface area contributed by atoms with Crippen molar-refractivity contribution in [3.63, 3.8) is 0 Å². The fourth-order valence-electron chi connectivity index (χ4n) is 3.88. The lowest BCUT2D eigenvalue weighted by molar-refractivity contribution is -0.118. The highest BCUT2D eigenvalue weighted by molar-refractivity contribution is 8.00. The summed E-state index contributed by atoms with van der Waals surface area (Å²) in [5, 5.41) is 7.85. The molecule has 4 aromatic carbocycles. The summed E-state index contributed by atoms with van der Waals surface area (Å²) in [5.41, 5.74) is 4.56. The number of nitrogens with zero attached hydrogens (tertiary/aromatic N) is 1. The SMILES string of the molecule is Cc1ccc(-c2csc(NC(=O)C(Sc3ccc(NC(=O)COc4ccccc4)cc3)c3ccccc3)n2)cc1. The molecule has 0 saturated carbocycles. The summed E-state index contributed by atoms with van der Waals surface area (Å²) >= 11 is 2.84. The lowest BCUT2D eigenvalue weighted by Gasteiger charge is -2.16. The van der Waals surface area contributed by atoms with Gasteiger partial charge < -0.3 is 15.4 Å². The Balaban J connectivity index is 1.23. The summed E-state index contributed by atoms with van der Waals surface area (Å²) in [6.45, 7) is 1.96. The van der Waals surface area contributed by atoms with E-state index in [2.05, 4.69) is 15.6 Å². The van der Waals surface area contributed by atoms with Gasteiger partial charge in [-0.1, -0.05) is 78.4 Å². The molecule has 0 aliphatic heterocycles. The summed E-state index contributed by atoms with van der Waals surface area (Å²) in [4.78, 5) is 31.3. The van der Waals surface area contributed by atoms with Gasteiger partial charge in [-0.05, 0) is 48.9 Å². The topological polar surface area (TPSA) is 80.3 Å². The van der Waals surface area contributed by atoms with Crippen LogP contribution in [0.15, 0.2) is 119 Å². The molecule has 5 rings (SSSR count). The third-order valence-electron chi connectivity index (χ3n) is 5.93. The largest absolute Gasteiger partial charge is 0.484 e. The van der Waals surface area contributed by atoms with Gasteiger partial charge in [-0.15, -0.1) is 23.1 Å². The average molecular weight is 566 g/mol. The van der Waals surface area contributed by atoms with Crippen LogP contribution in [0.4, 0.5) is 10.8 Å². The number of carbonyl (C=O) groups excluding carboxylic acids is 2. The van der Waals surface area contributed by atoms with Crippen LogP contribution in [0.2, 0.25) is 0 Å². The van der Waals surface area contributed by atoms with Crippen LogP contribution < -0.4 is 15.4 Å². The first-order valence-corrected chi connectivity index (χ1v) is 14.4. The number of anilines is 2. The Morgan fingerprint density at radius 3 is 2.23 bits per heavy atom. The van der Waals surface area contributed by atoms with E-state index in [-0.39, 0.29) is 18.4 Å². The Morgan fingerprint density at radius 2 is 1.52 bits per heavy atom. The molecule has 40 heavy (non-hydrogen) atoms. The molecule has 0 spiro atoms. The highest BCUT2D eigenvalue weighted by Crippen LogP contribution is 2.37. The summed E-state index contributed by atoms with van der Waals surface area (Å²) in [5.74, 6) is 0.231. The van der Waals surface area contributed by atoms with Crippen molar-refractivity contribution in [2.24, 2.45) is 0 Å². The van der Waals surface area contributed by atoms with Crippen LogP contribution >= 0.6 is 23.1 Å². The molecule has 200 valence electrons. The number of carbonyl (C=O) groups is 2. The molecule has 0 radical (unpaired) electrons. The van der Waals surface area contributed by atoms with E-state index in [0.29, 0.717) is 16.6 Å². The van der Waals surface area contributed by atoms with Gasteiger partial charge in [0, 0.05) is 21.5 Å². The molecule has 2 amide bonds. The number of rotatable bonds is 10. The fourth-order valence-corrected chi connectivity index (χ4v) is 5.62. The van der Waals surface area contributed by atoms with Gasteiger partial charge >= 0.3 is 0 Å². The number of benzene rings is 4. The number of thioether (sulfide) groups is 1. The van der Waals surface area contributed by atoms with Crippen LogP contribution in [-0.2, 0) is 9.59 Å². The number of amides is 2. The summed E-state index contributed by atoms with van der Waals surface area (Å²) < 4.78 is 5.51. The Bertz CT molecular complexity index is 1560. The van der Waals surface area contributed by atoms with E-state index in [0.717, 1.165) is 21.7 Å². The van der Waals surface area contributed by atoms with Crippen molar-refractivity contribution in [1.29, 1.82) is 0 Å². The van der Waals surface area contributed by atoms with Crippen molar-refractivity contribution >= 4 is 45.7 Å². The molecule has 0 fully saturated rings. The third kappa shape index (κ3) is 7.37. The van der Waals surface area contributed by atoms with Crippen LogP contribution in [-0.4, -0.2) is 23.4 Å². The van der Waals surface area contributed by atoms with E-state index in [9.17, 15) is 9.59 Å². The number of aryl methyl sites for hydroxylation is 1. The smallest absolute Gasteiger partial charge is 0.262 e. The van der Waals surface area contributed by atoms with Crippen molar-refractivity contribution < 1.29 is 14.3 Å². The van der Waals surface area contributed by atoms with Gasteiger partial charge in [0.05, 0.1) is 5.69 Å². The van der Waals surface area contributed by atoms with E-state index in [1.54, 1.807) is 12.1 Å². The minimum absolute atomic E-state index is 0.0842. The number of para-hydroxylation sites is 1. The molecule has 1 atom stereocenters. The molecule has 0 aliphatic rings. The number of thiazole rings is 1. The molecule has 8 heteroatoms. The van der Waals surface area contributed by atoms with Gasteiger partial charge in [0.15, 0.2) is 11.7 Å². The monoisotopic (exact) mass is 565 g/mol. The maximum Gasteiger partial charge on any atom is 0.262 e. The van der Waals surface area contributed by atoms with Crippen LogP contribution in [0, 0.1) is 6.92 Å². The van der Waals surface area contributed by atoms with E-state index < -0.39 is 5.25 Å². The van der Waals surface area contributed by atoms with Crippen LogP contribution in [0.25, 0.3) is 11.3 Å². The van der Waals surface area contributed by atoms with Crippen LogP contribution in [0.3, 0.4) is 0 Å². The summed E-state index contributed by atoms with van der Waals surface area (Å²) in [7, 11) is 0. The second-order valence-electron chi connectivity index (χ2n) is 8.98. The lowest BCUT2D eigenvalue weighted by atomic mass is 10.1. The van der Waals surface area contributed by atoms with Crippen molar-refractivity contribution in [3.8, 4) is 17.0 Å². The minimum atomic E-state index is -0.493. The van der Waals surface area contributed by atoms with E-state index in [1.165, 1.54) is 28.7 Å². The first-order valence-electron chi connectivity index (χ1n) is 12.7. The minimum Gasteiger partial charge on any atom is -0.484 e. The molecular formula is C32H27N3O3S2. The maximum atomic E-state index is 13.5. The first-order chi connectivity index (χ1) is 19.5. The molecule has 0 aliphatic carbocycles. The Morgan fingerprint density at radius 1 is 0.850 bits per heavy atom. The Kier molecular flexibility index (Phi) is 8.90. The molecule has 0 bridgehead atoms. The maximum absolute atomic E-state index is 13.5. The number of hydrogen-bond acceptors (Lipinski definition) is 6. The molecule has 0 saturated heterocycles. The second-order valence-corrected chi connectivity index (χ2v) is 11.0. The van der Waals surface area contributed by atoms with E-state index in [4.69, 9.17) is 4.74 Å². The number of ether oxygens (including phenoxy) is 1. The first kappa shape index (κ1) is 27.2. The van der Waals surface area contributed by atoms with Gasteiger partial charge in [0.2, 0.25) is 5.91 Å². The Labute approximate surface area is 241 Å². The highest BCUT2D eigenvalue weighted by atomic mass is 32.2. The Hall–Kier alpha value is -4.40. The molecule has 2 N–H and O–H groups in total. The summed E-state index contributed by atoms with van der Waals surface area (Å²) in [6, 6.07) is 34.4. The zero-order chi connectivity index (χ0) is 27.7. The molecule has 6 nitrogen and oxygen atoms in total. The van der Waals surface area contributed by atoms with E-state index >= 15 is 0 Å².